The number of halogens is 1. The van der Waals surface area contributed by atoms with Gasteiger partial charge in [-0.2, -0.15) is 15.4 Å². The van der Waals surface area contributed by atoms with Crippen LogP contribution in [0.5, 0.6) is 0 Å². The molecule has 0 spiro atoms. The molecule has 6 nitrogen and oxygen atoms in total. The first-order valence-electron chi connectivity index (χ1n) is 9.15. The number of nitrogens with one attached hydrogen (secondary N) is 1. The van der Waals surface area contributed by atoms with E-state index in [0.29, 0.717) is 23.2 Å². The van der Waals surface area contributed by atoms with E-state index in [1.807, 2.05) is 19.2 Å². The van der Waals surface area contributed by atoms with Gasteiger partial charge in [-0.3, -0.25) is 9.69 Å². The number of hydrogen-bond donors (Lipinski definition) is 1. The maximum absolute atomic E-state index is 13.9. The molecule has 4 rings (SSSR count). The quantitative estimate of drug-likeness (QED) is 0.770. The van der Waals surface area contributed by atoms with Crippen molar-refractivity contribution in [3.05, 3.63) is 59.4 Å². The Morgan fingerprint density at radius 3 is 2.93 bits per heavy atom. The molecule has 1 aromatic heterocycles. The molecule has 140 valence electrons. The molecule has 3 aromatic rings. The van der Waals surface area contributed by atoms with Crippen molar-refractivity contribution in [2.24, 2.45) is 0 Å². The number of aromatic amines is 1. The van der Waals surface area contributed by atoms with Crippen LogP contribution in [0.3, 0.4) is 0 Å². The fourth-order valence-corrected chi connectivity index (χ4v) is 3.70. The van der Waals surface area contributed by atoms with E-state index >= 15 is 0 Å². The zero-order chi connectivity index (χ0) is 18.8. The van der Waals surface area contributed by atoms with Crippen molar-refractivity contribution in [2.75, 3.05) is 20.1 Å². The molecule has 2 aromatic carbocycles. The minimum atomic E-state index is -0.176. The third kappa shape index (κ3) is 3.68. The summed E-state index contributed by atoms with van der Waals surface area (Å²) in [5, 5.41) is 10.6. The second-order valence-electron chi connectivity index (χ2n) is 7.07. The third-order valence-corrected chi connectivity index (χ3v) is 5.26. The Balaban J connectivity index is 1.45. The Morgan fingerprint density at radius 2 is 2.07 bits per heavy atom. The lowest BCUT2D eigenvalue weighted by Gasteiger charge is -2.37. The standard InChI is InChI=1S/C20H22FN5O/c1-25(20(27)14-8-9-18-19(11-14)23-24-22-18)16-6-4-10-26(13-16)12-15-5-2-3-7-17(15)21/h2-3,5,7-9,11,16H,4,6,10,12-13H2,1H3,(H,22,23,24)/t16-/m0/s1. The average molecular weight is 367 g/mol. The lowest BCUT2D eigenvalue weighted by molar-refractivity contribution is 0.0608. The van der Waals surface area contributed by atoms with Crippen molar-refractivity contribution in [3.8, 4) is 0 Å². The second-order valence-corrected chi connectivity index (χ2v) is 7.07. The molecule has 0 radical (unpaired) electrons. The first-order chi connectivity index (χ1) is 13.1. The molecule has 7 heteroatoms. The normalized spacial score (nSPS) is 17.9. The molecule has 0 aliphatic carbocycles. The summed E-state index contributed by atoms with van der Waals surface area (Å²) in [5.41, 5.74) is 2.72. The van der Waals surface area contributed by atoms with Gasteiger partial charge in [0.1, 0.15) is 16.9 Å². The molecule has 1 fully saturated rings. The van der Waals surface area contributed by atoms with Crippen LogP contribution in [0.25, 0.3) is 11.0 Å². The molecule has 1 aliphatic rings. The highest BCUT2D eigenvalue weighted by atomic mass is 19.1. The van der Waals surface area contributed by atoms with Crippen molar-refractivity contribution in [3.63, 3.8) is 0 Å². The van der Waals surface area contributed by atoms with Crippen LogP contribution < -0.4 is 0 Å². The van der Waals surface area contributed by atoms with Crippen LogP contribution >= 0.6 is 0 Å². The number of H-pyrrole nitrogens is 1. The zero-order valence-electron chi connectivity index (χ0n) is 15.2. The molecule has 1 aliphatic heterocycles. The van der Waals surface area contributed by atoms with E-state index in [0.717, 1.165) is 31.4 Å². The van der Waals surface area contributed by atoms with Crippen LogP contribution in [0, 0.1) is 5.82 Å². The number of amides is 1. The number of likely N-dealkylation sites (N-methyl/N-ethyl adjacent to an activating group) is 1. The summed E-state index contributed by atoms with van der Waals surface area (Å²) in [4.78, 5) is 16.9. The number of piperidine rings is 1. The molecular weight excluding hydrogens is 345 g/mol. The number of nitrogens with zero attached hydrogens (tertiary/aromatic N) is 4. The first-order valence-corrected chi connectivity index (χ1v) is 9.15. The highest BCUT2D eigenvalue weighted by Gasteiger charge is 2.27. The number of benzene rings is 2. The maximum Gasteiger partial charge on any atom is 0.253 e. The number of aromatic nitrogens is 3. The molecule has 1 saturated heterocycles. The summed E-state index contributed by atoms with van der Waals surface area (Å²) in [6.07, 6.45) is 1.93. The van der Waals surface area contributed by atoms with Gasteiger partial charge in [0.05, 0.1) is 0 Å². The third-order valence-electron chi connectivity index (χ3n) is 5.26. The topological polar surface area (TPSA) is 65.1 Å². The van der Waals surface area contributed by atoms with Gasteiger partial charge >= 0.3 is 0 Å². The summed E-state index contributed by atoms with van der Waals surface area (Å²) >= 11 is 0. The van der Waals surface area contributed by atoms with Crippen molar-refractivity contribution >= 4 is 16.9 Å². The van der Waals surface area contributed by atoms with E-state index in [1.54, 1.807) is 29.2 Å². The van der Waals surface area contributed by atoms with E-state index in [-0.39, 0.29) is 17.8 Å². The number of carbonyl (C=O) groups excluding carboxylic acids is 1. The Labute approximate surface area is 157 Å². The number of likely N-dealkylation sites (tertiary alicyclic amines) is 1. The van der Waals surface area contributed by atoms with Gasteiger partial charge in [0.2, 0.25) is 0 Å². The predicted octanol–water partition coefficient (Wildman–Crippen LogP) is 2.83. The number of hydrogen-bond acceptors (Lipinski definition) is 4. The fraction of sp³-hybridized carbons (Fsp3) is 0.350. The van der Waals surface area contributed by atoms with E-state index in [2.05, 4.69) is 20.3 Å². The van der Waals surface area contributed by atoms with Crippen LogP contribution in [0.15, 0.2) is 42.5 Å². The lowest BCUT2D eigenvalue weighted by atomic mass is 10.0. The fourth-order valence-electron chi connectivity index (χ4n) is 3.70. The summed E-state index contributed by atoms with van der Waals surface area (Å²) in [6, 6.07) is 12.3. The van der Waals surface area contributed by atoms with Gasteiger partial charge in [0.25, 0.3) is 5.91 Å². The maximum atomic E-state index is 13.9. The number of rotatable bonds is 4. The molecule has 1 amide bonds. The largest absolute Gasteiger partial charge is 0.337 e. The number of carbonyl (C=O) groups is 1. The Hall–Kier alpha value is -2.80. The van der Waals surface area contributed by atoms with Crippen LogP contribution in [0.2, 0.25) is 0 Å². The van der Waals surface area contributed by atoms with E-state index in [1.165, 1.54) is 6.07 Å². The second kappa shape index (κ2) is 7.44. The van der Waals surface area contributed by atoms with Gasteiger partial charge in [-0.25, -0.2) is 4.39 Å². The minimum absolute atomic E-state index is 0.0300. The Kier molecular flexibility index (Phi) is 4.85. The highest BCUT2D eigenvalue weighted by Crippen LogP contribution is 2.21. The first kappa shape index (κ1) is 17.6. The Morgan fingerprint density at radius 1 is 1.26 bits per heavy atom. The van der Waals surface area contributed by atoms with Crippen molar-refractivity contribution in [1.82, 2.24) is 25.2 Å². The van der Waals surface area contributed by atoms with Gasteiger partial charge in [-0.1, -0.05) is 18.2 Å². The van der Waals surface area contributed by atoms with Crippen LogP contribution in [-0.4, -0.2) is 57.3 Å². The molecule has 0 unspecified atom stereocenters. The summed E-state index contributed by atoms with van der Waals surface area (Å²) in [5.74, 6) is -0.206. The molecule has 1 N–H and O–H groups in total. The molecule has 0 bridgehead atoms. The van der Waals surface area contributed by atoms with Crippen LogP contribution in [0.1, 0.15) is 28.8 Å². The molecule has 27 heavy (non-hydrogen) atoms. The van der Waals surface area contributed by atoms with Crippen molar-refractivity contribution < 1.29 is 9.18 Å². The summed E-state index contributed by atoms with van der Waals surface area (Å²) in [6.45, 7) is 2.22. The van der Waals surface area contributed by atoms with E-state index in [4.69, 9.17) is 0 Å². The van der Waals surface area contributed by atoms with Crippen LogP contribution in [0.4, 0.5) is 4.39 Å². The lowest BCUT2D eigenvalue weighted by Crippen LogP contribution is -2.48. The van der Waals surface area contributed by atoms with Gasteiger partial charge in [0.15, 0.2) is 0 Å². The van der Waals surface area contributed by atoms with Gasteiger partial charge in [-0.05, 0) is 43.7 Å². The zero-order valence-corrected chi connectivity index (χ0v) is 15.2. The minimum Gasteiger partial charge on any atom is -0.337 e. The van der Waals surface area contributed by atoms with Crippen molar-refractivity contribution in [2.45, 2.75) is 25.4 Å². The van der Waals surface area contributed by atoms with Gasteiger partial charge in [0, 0.05) is 37.3 Å². The van der Waals surface area contributed by atoms with Gasteiger partial charge in [-0.15, -0.1) is 0 Å². The average Bonchev–Trinajstić information content (AvgIpc) is 3.16. The van der Waals surface area contributed by atoms with Crippen LogP contribution in [-0.2, 0) is 6.54 Å². The number of fused-ring (bicyclic) bond motifs is 1. The summed E-state index contributed by atoms with van der Waals surface area (Å²) < 4.78 is 13.9. The molecule has 1 atom stereocenters. The van der Waals surface area contributed by atoms with E-state index in [9.17, 15) is 9.18 Å². The summed E-state index contributed by atoms with van der Waals surface area (Å²) in [7, 11) is 1.84. The molecular formula is C20H22FN5O. The van der Waals surface area contributed by atoms with Crippen molar-refractivity contribution in [1.29, 1.82) is 0 Å². The Bertz CT molecular complexity index is 956. The van der Waals surface area contributed by atoms with Gasteiger partial charge < -0.3 is 4.90 Å². The monoisotopic (exact) mass is 367 g/mol. The highest BCUT2D eigenvalue weighted by molar-refractivity contribution is 5.97. The molecule has 2 heterocycles. The predicted molar refractivity (Wildman–Crippen MR) is 101 cm³/mol. The van der Waals surface area contributed by atoms with E-state index < -0.39 is 0 Å². The molecule has 0 saturated carbocycles. The smallest absolute Gasteiger partial charge is 0.253 e. The SMILES string of the molecule is CN(C(=O)c1ccc2n[nH]nc2c1)[C@H]1CCCN(Cc2ccccc2F)C1.